The number of benzene rings is 2. The lowest BCUT2D eigenvalue weighted by molar-refractivity contribution is -0.113. The highest BCUT2D eigenvalue weighted by atomic mass is 32.2. The third-order valence-corrected chi connectivity index (χ3v) is 5.47. The van der Waals surface area contributed by atoms with Gasteiger partial charge >= 0.3 is 5.97 Å². The van der Waals surface area contributed by atoms with Crippen molar-refractivity contribution in [1.29, 1.82) is 0 Å². The average Bonchev–Trinajstić information content (AvgIpc) is 2.98. The minimum atomic E-state index is -0.982. The van der Waals surface area contributed by atoms with Crippen LogP contribution in [0.3, 0.4) is 0 Å². The summed E-state index contributed by atoms with van der Waals surface area (Å²) < 4.78 is 1.64. The fraction of sp³-hybridized carbons (Fsp3) is 0.105. The highest BCUT2D eigenvalue weighted by Gasteiger charge is 2.28. The van der Waals surface area contributed by atoms with Crippen molar-refractivity contribution in [3.63, 3.8) is 0 Å². The number of carboxylic acids is 1. The second-order valence-corrected chi connectivity index (χ2v) is 6.96. The highest BCUT2D eigenvalue weighted by molar-refractivity contribution is 8.00. The van der Waals surface area contributed by atoms with Gasteiger partial charge in [0.2, 0.25) is 5.91 Å². The lowest BCUT2D eigenvalue weighted by Crippen LogP contribution is -2.15. The summed E-state index contributed by atoms with van der Waals surface area (Å²) >= 11 is 1.56. The van der Waals surface area contributed by atoms with Crippen molar-refractivity contribution in [3.8, 4) is 5.69 Å². The highest BCUT2D eigenvalue weighted by Crippen LogP contribution is 2.41. The van der Waals surface area contributed by atoms with Crippen molar-refractivity contribution in [3.05, 3.63) is 77.5 Å². The number of carbonyl (C=O) groups excluding carboxylic acids is 1. The van der Waals surface area contributed by atoms with E-state index in [1.807, 2.05) is 30.3 Å². The number of amides is 1. The molecular formula is C19H15N3O3S. The minimum absolute atomic E-state index is 0.00260. The Morgan fingerprint density at radius 3 is 2.58 bits per heavy atom. The van der Waals surface area contributed by atoms with Crippen molar-refractivity contribution >= 4 is 29.5 Å². The Bertz CT molecular complexity index is 967. The van der Waals surface area contributed by atoms with Gasteiger partial charge < -0.3 is 10.4 Å². The first-order chi connectivity index (χ1) is 12.6. The molecule has 26 heavy (non-hydrogen) atoms. The number of anilines is 1. The molecule has 1 aliphatic rings. The molecule has 0 spiro atoms. The maximum atomic E-state index is 12.2. The van der Waals surface area contributed by atoms with Crippen molar-refractivity contribution < 1.29 is 14.7 Å². The molecule has 2 N–H and O–H groups in total. The van der Waals surface area contributed by atoms with Gasteiger partial charge in [0, 0.05) is 5.56 Å². The molecule has 2 aromatic carbocycles. The van der Waals surface area contributed by atoms with Crippen LogP contribution in [0.1, 0.15) is 26.7 Å². The van der Waals surface area contributed by atoms with Crippen LogP contribution in [0.15, 0.2) is 60.8 Å². The standard InChI is InChI=1S/C19H15N3O3S/c23-16-11-26-17(12-4-2-1-3-5-12)15-10-20-22(18(15)21-16)14-8-6-13(7-9-14)19(24)25/h1-10,17H,11H2,(H,21,23)(H,24,25)/t17-/m1/s1. The van der Waals surface area contributed by atoms with Crippen LogP contribution in [0.2, 0.25) is 0 Å². The molecule has 4 rings (SSSR count). The van der Waals surface area contributed by atoms with Gasteiger partial charge in [-0.3, -0.25) is 4.79 Å². The number of nitrogens with one attached hydrogen (secondary N) is 1. The maximum Gasteiger partial charge on any atom is 0.335 e. The topological polar surface area (TPSA) is 84.2 Å². The molecule has 1 amide bonds. The number of hydrogen-bond donors (Lipinski definition) is 2. The summed E-state index contributed by atoms with van der Waals surface area (Å²) in [6.07, 6.45) is 1.76. The van der Waals surface area contributed by atoms with E-state index in [0.29, 0.717) is 17.3 Å². The molecule has 7 heteroatoms. The summed E-state index contributed by atoms with van der Waals surface area (Å²) in [6.45, 7) is 0. The first-order valence-corrected chi connectivity index (χ1v) is 9.06. The van der Waals surface area contributed by atoms with E-state index in [9.17, 15) is 9.59 Å². The van der Waals surface area contributed by atoms with Crippen LogP contribution in [-0.2, 0) is 4.79 Å². The Balaban J connectivity index is 1.79. The summed E-state index contributed by atoms with van der Waals surface area (Å²) in [5.41, 5.74) is 2.93. The molecule has 0 bridgehead atoms. The Morgan fingerprint density at radius 2 is 1.88 bits per heavy atom. The SMILES string of the molecule is O=C1CS[C@H](c2ccccc2)c2cnn(-c3ccc(C(=O)O)cc3)c2N1. The van der Waals surface area contributed by atoms with E-state index in [1.165, 1.54) is 12.1 Å². The van der Waals surface area contributed by atoms with E-state index in [4.69, 9.17) is 5.11 Å². The van der Waals surface area contributed by atoms with E-state index >= 15 is 0 Å². The number of rotatable bonds is 3. The molecular weight excluding hydrogens is 350 g/mol. The van der Waals surface area contributed by atoms with E-state index in [-0.39, 0.29) is 16.7 Å². The zero-order chi connectivity index (χ0) is 18.1. The molecule has 1 aromatic heterocycles. The van der Waals surface area contributed by atoms with Crippen LogP contribution < -0.4 is 5.32 Å². The van der Waals surface area contributed by atoms with Crippen molar-refractivity contribution in [2.45, 2.75) is 5.25 Å². The predicted molar refractivity (Wildman–Crippen MR) is 99.9 cm³/mol. The van der Waals surface area contributed by atoms with E-state index in [0.717, 1.165) is 11.1 Å². The van der Waals surface area contributed by atoms with E-state index in [2.05, 4.69) is 10.4 Å². The third-order valence-electron chi connectivity index (χ3n) is 4.18. The van der Waals surface area contributed by atoms with Crippen LogP contribution in [0.4, 0.5) is 5.82 Å². The lowest BCUT2D eigenvalue weighted by Gasteiger charge is -2.14. The number of thioether (sulfide) groups is 1. The van der Waals surface area contributed by atoms with Gasteiger partial charge in [0.25, 0.3) is 0 Å². The van der Waals surface area contributed by atoms with Gasteiger partial charge in [-0.1, -0.05) is 30.3 Å². The fourth-order valence-corrected chi connectivity index (χ4v) is 4.03. The van der Waals surface area contributed by atoms with Crippen LogP contribution in [-0.4, -0.2) is 32.5 Å². The molecule has 1 aliphatic heterocycles. The average molecular weight is 365 g/mol. The zero-order valence-electron chi connectivity index (χ0n) is 13.6. The Morgan fingerprint density at radius 1 is 1.15 bits per heavy atom. The van der Waals surface area contributed by atoms with Gasteiger partial charge in [-0.15, -0.1) is 11.8 Å². The molecule has 0 aliphatic carbocycles. The zero-order valence-corrected chi connectivity index (χ0v) is 14.4. The number of carboxylic acid groups (broad SMARTS) is 1. The minimum Gasteiger partial charge on any atom is -0.478 e. The maximum absolute atomic E-state index is 12.2. The van der Waals surface area contributed by atoms with Crippen molar-refractivity contribution in [2.24, 2.45) is 0 Å². The first kappa shape index (κ1) is 16.4. The molecule has 1 atom stereocenters. The number of nitrogens with zero attached hydrogens (tertiary/aromatic N) is 2. The van der Waals surface area contributed by atoms with Gasteiger partial charge in [0.05, 0.1) is 28.5 Å². The van der Waals surface area contributed by atoms with Crippen LogP contribution in [0.5, 0.6) is 0 Å². The number of aromatic carboxylic acids is 1. The van der Waals surface area contributed by atoms with Crippen molar-refractivity contribution in [1.82, 2.24) is 9.78 Å². The number of aromatic nitrogens is 2. The normalized spacial score (nSPS) is 16.5. The smallest absolute Gasteiger partial charge is 0.335 e. The summed E-state index contributed by atoms with van der Waals surface area (Å²) in [7, 11) is 0. The molecule has 0 fully saturated rings. The number of hydrogen-bond acceptors (Lipinski definition) is 4. The third kappa shape index (κ3) is 2.97. The van der Waals surface area contributed by atoms with Gasteiger partial charge in [0.15, 0.2) is 0 Å². The van der Waals surface area contributed by atoms with E-state index < -0.39 is 5.97 Å². The second kappa shape index (κ2) is 6.68. The van der Waals surface area contributed by atoms with Crippen LogP contribution in [0, 0.1) is 0 Å². The van der Waals surface area contributed by atoms with Gasteiger partial charge in [0.1, 0.15) is 5.82 Å². The monoisotopic (exact) mass is 365 g/mol. The summed E-state index contributed by atoms with van der Waals surface area (Å²) in [5, 5.41) is 16.4. The molecule has 0 radical (unpaired) electrons. The summed E-state index contributed by atoms with van der Waals surface area (Å²) in [4.78, 5) is 23.2. The Hall–Kier alpha value is -3.06. The van der Waals surface area contributed by atoms with E-state index in [1.54, 1.807) is 34.8 Å². The summed E-state index contributed by atoms with van der Waals surface area (Å²) in [5.74, 6) is -0.0909. The van der Waals surface area contributed by atoms with Crippen molar-refractivity contribution in [2.75, 3.05) is 11.1 Å². The molecule has 0 saturated heterocycles. The van der Waals surface area contributed by atoms with Crippen LogP contribution in [0.25, 0.3) is 5.69 Å². The Kier molecular flexibility index (Phi) is 4.22. The number of fused-ring (bicyclic) bond motifs is 1. The number of carbonyl (C=O) groups is 2. The molecule has 3 aromatic rings. The first-order valence-electron chi connectivity index (χ1n) is 8.01. The molecule has 0 unspecified atom stereocenters. The molecule has 0 saturated carbocycles. The van der Waals surface area contributed by atoms with Gasteiger partial charge in [-0.05, 0) is 29.8 Å². The summed E-state index contributed by atoms with van der Waals surface area (Å²) in [6, 6.07) is 16.4. The second-order valence-electron chi connectivity index (χ2n) is 5.86. The quantitative estimate of drug-likeness (QED) is 0.744. The molecule has 2 heterocycles. The Labute approximate surface area is 153 Å². The molecule has 130 valence electrons. The van der Waals surface area contributed by atoms with Gasteiger partial charge in [-0.2, -0.15) is 5.10 Å². The van der Waals surface area contributed by atoms with Crippen LogP contribution >= 0.6 is 11.8 Å². The predicted octanol–water partition coefficient (Wildman–Crippen LogP) is 3.35. The fourth-order valence-electron chi connectivity index (χ4n) is 2.94. The lowest BCUT2D eigenvalue weighted by atomic mass is 10.1. The van der Waals surface area contributed by atoms with Gasteiger partial charge in [-0.25, -0.2) is 9.48 Å². The molecule has 6 nitrogen and oxygen atoms in total. The largest absolute Gasteiger partial charge is 0.478 e.